The molecule has 1 aliphatic carbocycles. The summed E-state index contributed by atoms with van der Waals surface area (Å²) in [5.41, 5.74) is 9.26. The molecule has 0 saturated heterocycles. The smallest absolute Gasteiger partial charge is 0.413 e. The van der Waals surface area contributed by atoms with Crippen LogP contribution < -0.4 is 0 Å². The van der Waals surface area contributed by atoms with Crippen LogP contribution in [0.4, 0.5) is 0 Å². The Morgan fingerprint density at radius 1 is 1.36 bits per heavy atom. The molecule has 1 aliphatic rings. The summed E-state index contributed by atoms with van der Waals surface area (Å²) in [6.45, 7) is 12.5. The van der Waals surface area contributed by atoms with Crippen LogP contribution in [0.15, 0.2) is 0 Å². The molecule has 0 radical (unpaired) electrons. The standard InChI is InChI=1S/C16H30N2O3Si/c1-7-20-16(19)15(18-17)22(5,6)21-14-10-12(4)8-9-13(14)11(2)3/h11-14H,7-10H2,1-6H3/t12-,13+,14-/m1/s1. The molecule has 0 aromatic rings. The normalized spacial score (nSPS) is 25.7. The van der Waals surface area contributed by atoms with Crippen molar-refractivity contribution in [1.29, 1.82) is 0 Å². The number of rotatable bonds is 6. The van der Waals surface area contributed by atoms with Gasteiger partial charge in [-0.25, -0.2) is 4.79 Å². The van der Waals surface area contributed by atoms with Crippen molar-refractivity contribution in [3.63, 3.8) is 0 Å². The van der Waals surface area contributed by atoms with Gasteiger partial charge in [0.05, 0.1) is 6.61 Å². The predicted molar refractivity (Wildman–Crippen MR) is 89.0 cm³/mol. The first kappa shape index (κ1) is 19.1. The lowest BCUT2D eigenvalue weighted by atomic mass is 9.75. The first-order chi connectivity index (χ1) is 10.2. The highest BCUT2D eigenvalue weighted by molar-refractivity contribution is 7.08. The fourth-order valence-electron chi connectivity index (χ4n) is 3.29. The molecule has 1 saturated carbocycles. The van der Waals surface area contributed by atoms with Crippen LogP contribution in [-0.2, 0) is 14.0 Å². The topological polar surface area (TPSA) is 71.9 Å². The molecule has 1 fully saturated rings. The van der Waals surface area contributed by atoms with Crippen molar-refractivity contribution >= 4 is 19.6 Å². The zero-order valence-electron chi connectivity index (χ0n) is 14.8. The van der Waals surface area contributed by atoms with E-state index in [2.05, 4.69) is 25.6 Å². The minimum absolute atomic E-state index is 0.0649. The first-order valence-corrected chi connectivity index (χ1v) is 11.2. The highest BCUT2D eigenvalue weighted by Gasteiger charge is 2.48. The van der Waals surface area contributed by atoms with Gasteiger partial charge >= 0.3 is 19.6 Å². The van der Waals surface area contributed by atoms with E-state index in [9.17, 15) is 10.3 Å². The average Bonchev–Trinajstić information content (AvgIpc) is 2.38. The third-order valence-corrected chi connectivity index (χ3v) is 6.88. The van der Waals surface area contributed by atoms with Gasteiger partial charge in [0.1, 0.15) is 0 Å². The molecule has 1 rings (SSSR count). The van der Waals surface area contributed by atoms with Crippen LogP contribution in [0.3, 0.4) is 0 Å². The molecular weight excluding hydrogens is 296 g/mol. The SMILES string of the molecule is CCOC(=O)C(=[N+]=[N-])[Si](C)(C)O[C@@H]1C[C@H](C)CC[C@H]1C(C)C. The largest absolute Gasteiger partial charge is 0.458 e. The molecule has 0 N–H and O–H groups in total. The summed E-state index contributed by atoms with van der Waals surface area (Å²) in [6.07, 6.45) is 3.50. The van der Waals surface area contributed by atoms with Gasteiger partial charge in [0.15, 0.2) is 0 Å². The lowest BCUT2D eigenvalue weighted by Gasteiger charge is -2.39. The molecule has 0 aromatic carbocycles. The Kier molecular flexibility index (Phi) is 6.97. The van der Waals surface area contributed by atoms with Gasteiger partial charge in [-0.15, -0.1) is 0 Å². The van der Waals surface area contributed by atoms with Crippen molar-refractivity contribution in [3.05, 3.63) is 5.53 Å². The zero-order valence-corrected chi connectivity index (χ0v) is 15.8. The lowest BCUT2D eigenvalue weighted by molar-refractivity contribution is -0.139. The van der Waals surface area contributed by atoms with Crippen LogP contribution in [0.2, 0.25) is 13.1 Å². The molecular formula is C16H30N2O3Si. The number of carbonyl (C=O) groups excluding carboxylic acids is 1. The summed E-state index contributed by atoms with van der Waals surface area (Å²) >= 11 is 0. The Morgan fingerprint density at radius 2 is 2.00 bits per heavy atom. The lowest BCUT2D eigenvalue weighted by Crippen LogP contribution is -2.52. The molecule has 0 bridgehead atoms. The Bertz CT molecular complexity index is 445. The van der Waals surface area contributed by atoms with E-state index in [1.807, 2.05) is 13.1 Å². The molecule has 0 aromatic heterocycles. The molecule has 6 heteroatoms. The monoisotopic (exact) mass is 326 g/mol. The van der Waals surface area contributed by atoms with E-state index in [0.29, 0.717) is 17.8 Å². The summed E-state index contributed by atoms with van der Waals surface area (Å²) in [6, 6.07) is 0. The van der Waals surface area contributed by atoms with Crippen molar-refractivity contribution in [1.82, 2.24) is 0 Å². The summed E-state index contributed by atoms with van der Waals surface area (Å²) in [5, 5.41) is 0.0649. The van der Waals surface area contributed by atoms with Gasteiger partial charge < -0.3 is 14.7 Å². The third-order valence-electron chi connectivity index (χ3n) is 4.55. The Labute approximate surface area is 135 Å². The molecule has 0 amide bonds. The average molecular weight is 327 g/mol. The van der Waals surface area contributed by atoms with E-state index in [-0.39, 0.29) is 18.0 Å². The molecule has 3 atom stereocenters. The molecule has 0 spiro atoms. The van der Waals surface area contributed by atoms with Gasteiger partial charge in [0.2, 0.25) is 0 Å². The van der Waals surface area contributed by atoms with Crippen LogP contribution in [-0.4, -0.2) is 37.1 Å². The number of ether oxygens (including phenoxy) is 1. The number of nitrogens with zero attached hydrogens (tertiary/aromatic N) is 2. The van der Waals surface area contributed by atoms with Gasteiger partial charge in [-0.05, 0) is 50.6 Å². The maximum atomic E-state index is 12.0. The number of hydrogen-bond donors (Lipinski definition) is 0. The van der Waals surface area contributed by atoms with E-state index < -0.39 is 14.3 Å². The Hall–Kier alpha value is -0.973. The van der Waals surface area contributed by atoms with Crippen molar-refractivity contribution in [2.24, 2.45) is 17.8 Å². The molecule has 22 heavy (non-hydrogen) atoms. The van der Waals surface area contributed by atoms with E-state index in [1.165, 1.54) is 6.42 Å². The predicted octanol–water partition coefficient (Wildman–Crippen LogP) is 3.44. The van der Waals surface area contributed by atoms with Gasteiger partial charge in [-0.3, -0.25) is 0 Å². The molecule has 0 unspecified atom stereocenters. The van der Waals surface area contributed by atoms with Crippen molar-refractivity contribution in [3.8, 4) is 0 Å². The highest BCUT2D eigenvalue weighted by atomic mass is 28.4. The quantitative estimate of drug-likeness (QED) is 0.247. The Balaban J connectivity index is 2.92. The summed E-state index contributed by atoms with van der Waals surface area (Å²) in [4.78, 5) is 15.2. The van der Waals surface area contributed by atoms with Gasteiger partial charge in [0.25, 0.3) is 0 Å². The first-order valence-electron chi connectivity index (χ1n) is 8.30. The minimum Gasteiger partial charge on any atom is -0.458 e. The maximum Gasteiger partial charge on any atom is 0.413 e. The minimum atomic E-state index is -2.61. The van der Waals surface area contributed by atoms with Crippen LogP contribution in [0, 0.1) is 17.8 Å². The van der Waals surface area contributed by atoms with E-state index in [0.717, 1.165) is 12.8 Å². The van der Waals surface area contributed by atoms with Crippen LogP contribution >= 0.6 is 0 Å². The van der Waals surface area contributed by atoms with E-state index in [1.54, 1.807) is 6.92 Å². The van der Waals surface area contributed by atoms with Crippen LogP contribution in [0.25, 0.3) is 5.53 Å². The molecule has 5 nitrogen and oxygen atoms in total. The summed E-state index contributed by atoms with van der Waals surface area (Å²) in [5.74, 6) is 1.10. The maximum absolute atomic E-state index is 12.0. The fraction of sp³-hybridized carbons (Fsp3) is 0.875. The molecule has 0 aliphatic heterocycles. The second kappa shape index (κ2) is 8.04. The van der Waals surface area contributed by atoms with Gasteiger partial charge in [0, 0.05) is 6.10 Å². The Morgan fingerprint density at radius 3 is 2.50 bits per heavy atom. The summed E-state index contributed by atoms with van der Waals surface area (Å²) in [7, 11) is -2.61. The molecule has 126 valence electrons. The number of esters is 1. The number of hydrogen-bond acceptors (Lipinski definition) is 3. The van der Waals surface area contributed by atoms with Crippen molar-refractivity contribution in [2.75, 3.05) is 6.61 Å². The van der Waals surface area contributed by atoms with E-state index in [4.69, 9.17) is 9.16 Å². The van der Waals surface area contributed by atoms with Gasteiger partial charge in [-0.1, -0.05) is 27.2 Å². The van der Waals surface area contributed by atoms with Crippen molar-refractivity contribution < 1.29 is 18.7 Å². The third kappa shape index (κ3) is 4.76. The van der Waals surface area contributed by atoms with Crippen LogP contribution in [0.1, 0.15) is 47.0 Å². The molecule has 0 heterocycles. The highest BCUT2D eigenvalue weighted by Crippen LogP contribution is 2.36. The van der Waals surface area contributed by atoms with Crippen molar-refractivity contribution in [2.45, 2.75) is 66.2 Å². The zero-order chi connectivity index (χ0) is 16.9. The van der Waals surface area contributed by atoms with E-state index >= 15 is 0 Å². The second-order valence-corrected chi connectivity index (χ2v) is 10.9. The number of carbonyl (C=O) groups is 1. The van der Waals surface area contributed by atoms with Gasteiger partial charge in [-0.2, -0.15) is 4.79 Å². The fourth-order valence-corrected chi connectivity index (χ4v) is 5.24. The van der Waals surface area contributed by atoms with Crippen LogP contribution in [0.5, 0.6) is 0 Å². The summed E-state index contributed by atoms with van der Waals surface area (Å²) < 4.78 is 11.4. The second-order valence-electron chi connectivity index (χ2n) is 7.16.